The second-order valence-electron chi connectivity index (χ2n) is 6.42. The highest BCUT2D eigenvalue weighted by atomic mass is 16.5. The molecule has 0 unspecified atom stereocenters. The van der Waals surface area contributed by atoms with Gasteiger partial charge in [0.1, 0.15) is 5.75 Å². The van der Waals surface area contributed by atoms with Crippen molar-refractivity contribution in [3.05, 3.63) is 29.3 Å². The van der Waals surface area contributed by atoms with Crippen molar-refractivity contribution in [1.82, 2.24) is 4.90 Å². The molecule has 1 aliphatic heterocycles. The van der Waals surface area contributed by atoms with Gasteiger partial charge in [-0.2, -0.15) is 0 Å². The zero-order valence-electron chi connectivity index (χ0n) is 14.4. The molecule has 0 aliphatic carbocycles. The lowest BCUT2D eigenvalue weighted by Gasteiger charge is -2.32. The summed E-state index contributed by atoms with van der Waals surface area (Å²) in [6, 6.07) is 6.00. The van der Waals surface area contributed by atoms with Gasteiger partial charge in [-0.25, -0.2) is 0 Å². The number of carboxylic acid groups (broad SMARTS) is 1. The van der Waals surface area contributed by atoms with Gasteiger partial charge in [-0.15, -0.1) is 0 Å². The molecule has 1 aromatic carbocycles. The number of morpholine rings is 1. The van der Waals surface area contributed by atoms with Gasteiger partial charge in [0, 0.05) is 13.1 Å². The molecule has 132 valence electrons. The fourth-order valence-corrected chi connectivity index (χ4v) is 2.74. The van der Waals surface area contributed by atoms with Crippen LogP contribution in [0.2, 0.25) is 0 Å². The molecule has 1 atom stereocenters. The molecule has 6 heteroatoms. The Balaban J connectivity index is 1.95. The van der Waals surface area contributed by atoms with Crippen LogP contribution in [0, 0.1) is 6.92 Å². The smallest absolute Gasteiger partial charge is 0.306 e. The molecule has 1 amide bonds. The molecule has 1 aliphatic rings. The Hall–Kier alpha value is -2.08. The Kier molecular flexibility index (Phi) is 6.20. The Morgan fingerprint density at radius 1 is 1.42 bits per heavy atom. The number of carboxylic acids is 1. The third-order valence-corrected chi connectivity index (χ3v) is 4.04. The van der Waals surface area contributed by atoms with Gasteiger partial charge < -0.3 is 19.5 Å². The number of hydrogen-bond donors (Lipinski definition) is 1. The van der Waals surface area contributed by atoms with Crippen LogP contribution in [0.4, 0.5) is 0 Å². The van der Waals surface area contributed by atoms with Crippen molar-refractivity contribution in [1.29, 1.82) is 0 Å². The minimum absolute atomic E-state index is 0.0526. The highest BCUT2D eigenvalue weighted by Gasteiger charge is 2.26. The highest BCUT2D eigenvalue weighted by molar-refractivity contribution is 5.78. The van der Waals surface area contributed by atoms with Gasteiger partial charge in [-0.3, -0.25) is 9.59 Å². The van der Waals surface area contributed by atoms with Crippen LogP contribution < -0.4 is 4.74 Å². The maximum atomic E-state index is 12.4. The summed E-state index contributed by atoms with van der Waals surface area (Å²) in [6.45, 7) is 7.20. The Bertz CT molecular complexity index is 599. The summed E-state index contributed by atoms with van der Waals surface area (Å²) in [6.07, 6.45) is -0.551. The van der Waals surface area contributed by atoms with Gasteiger partial charge in [0.25, 0.3) is 5.91 Å². The van der Waals surface area contributed by atoms with Crippen molar-refractivity contribution in [3.63, 3.8) is 0 Å². The molecule has 1 saturated heterocycles. The molecule has 0 spiro atoms. The van der Waals surface area contributed by atoms with Crippen LogP contribution >= 0.6 is 0 Å². The molecule has 6 nitrogen and oxygen atoms in total. The summed E-state index contributed by atoms with van der Waals surface area (Å²) in [7, 11) is 0. The summed E-state index contributed by atoms with van der Waals surface area (Å²) in [4.78, 5) is 24.8. The molecular weight excluding hydrogens is 310 g/mol. The average Bonchev–Trinajstić information content (AvgIpc) is 2.52. The van der Waals surface area contributed by atoms with Crippen LogP contribution in [0.15, 0.2) is 18.2 Å². The topological polar surface area (TPSA) is 76.1 Å². The lowest BCUT2D eigenvalue weighted by molar-refractivity contribution is -0.148. The van der Waals surface area contributed by atoms with E-state index in [2.05, 4.69) is 13.8 Å². The van der Waals surface area contributed by atoms with E-state index in [0.717, 1.165) is 16.9 Å². The van der Waals surface area contributed by atoms with Gasteiger partial charge in [-0.1, -0.05) is 26.0 Å². The first-order valence-corrected chi connectivity index (χ1v) is 8.21. The monoisotopic (exact) mass is 335 g/mol. The number of nitrogens with zero attached hydrogens (tertiary/aromatic N) is 1. The quantitative estimate of drug-likeness (QED) is 0.862. The van der Waals surface area contributed by atoms with Crippen molar-refractivity contribution in [2.45, 2.75) is 39.2 Å². The van der Waals surface area contributed by atoms with Crippen LogP contribution in [-0.2, 0) is 14.3 Å². The number of aliphatic carboxylic acids is 1. The predicted octanol–water partition coefficient (Wildman–Crippen LogP) is 2.20. The van der Waals surface area contributed by atoms with Gasteiger partial charge in [0.2, 0.25) is 0 Å². The Morgan fingerprint density at radius 3 is 2.83 bits per heavy atom. The van der Waals surface area contributed by atoms with E-state index in [-0.39, 0.29) is 18.9 Å². The van der Waals surface area contributed by atoms with E-state index in [1.807, 2.05) is 25.1 Å². The largest absolute Gasteiger partial charge is 0.483 e. The zero-order valence-corrected chi connectivity index (χ0v) is 14.4. The molecule has 1 fully saturated rings. The lowest BCUT2D eigenvalue weighted by Crippen LogP contribution is -2.47. The predicted molar refractivity (Wildman–Crippen MR) is 89.3 cm³/mol. The average molecular weight is 335 g/mol. The Morgan fingerprint density at radius 2 is 2.17 bits per heavy atom. The van der Waals surface area contributed by atoms with E-state index < -0.39 is 12.1 Å². The van der Waals surface area contributed by atoms with Crippen LogP contribution in [0.1, 0.15) is 37.3 Å². The first-order valence-electron chi connectivity index (χ1n) is 8.21. The van der Waals surface area contributed by atoms with Crippen molar-refractivity contribution in [3.8, 4) is 5.75 Å². The third kappa shape index (κ3) is 4.96. The molecule has 1 heterocycles. The van der Waals surface area contributed by atoms with E-state index in [0.29, 0.717) is 25.6 Å². The minimum atomic E-state index is -0.924. The molecule has 24 heavy (non-hydrogen) atoms. The summed E-state index contributed by atoms with van der Waals surface area (Å²) in [5.41, 5.74) is 2.15. The number of rotatable bonds is 6. The SMILES string of the molecule is Cc1ccc(C(C)C)c(OCC(=O)N2CCO[C@@H](CC(=O)O)C2)c1. The molecule has 1 N–H and O–H groups in total. The molecule has 0 radical (unpaired) electrons. The number of benzene rings is 1. The third-order valence-electron chi connectivity index (χ3n) is 4.04. The van der Waals surface area contributed by atoms with Crippen molar-refractivity contribution >= 4 is 11.9 Å². The summed E-state index contributed by atoms with van der Waals surface area (Å²) in [5, 5.41) is 8.84. The number of amides is 1. The highest BCUT2D eigenvalue weighted by Crippen LogP contribution is 2.27. The van der Waals surface area contributed by atoms with E-state index in [1.54, 1.807) is 4.90 Å². The molecule has 0 aromatic heterocycles. The standard InChI is InChI=1S/C18H25NO5/c1-12(2)15-5-4-13(3)8-16(15)24-11-17(20)19-6-7-23-14(10-19)9-18(21)22/h4-5,8,12,14H,6-7,9-11H2,1-3H3,(H,21,22)/t14-/m0/s1. The van der Waals surface area contributed by atoms with E-state index in [1.165, 1.54) is 0 Å². The van der Waals surface area contributed by atoms with Crippen LogP contribution in [0.5, 0.6) is 5.75 Å². The van der Waals surface area contributed by atoms with Crippen molar-refractivity contribution in [2.75, 3.05) is 26.3 Å². The molecule has 2 rings (SSSR count). The molecule has 0 bridgehead atoms. The van der Waals surface area contributed by atoms with Gasteiger partial charge in [0.05, 0.1) is 19.1 Å². The van der Waals surface area contributed by atoms with E-state index in [9.17, 15) is 9.59 Å². The summed E-state index contributed by atoms with van der Waals surface area (Å²) in [5.74, 6) is -0.0375. The minimum Gasteiger partial charge on any atom is -0.483 e. The van der Waals surface area contributed by atoms with Crippen LogP contribution in [0.3, 0.4) is 0 Å². The first kappa shape index (κ1) is 18.3. The number of aryl methyl sites for hydroxylation is 1. The van der Waals surface area contributed by atoms with Crippen LogP contribution in [-0.4, -0.2) is 54.3 Å². The van der Waals surface area contributed by atoms with Gasteiger partial charge >= 0.3 is 5.97 Å². The first-order chi connectivity index (χ1) is 11.4. The number of ether oxygens (including phenoxy) is 2. The second-order valence-corrected chi connectivity index (χ2v) is 6.42. The number of carbonyl (C=O) groups is 2. The maximum absolute atomic E-state index is 12.4. The summed E-state index contributed by atoms with van der Waals surface area (Å²) >= 11 is 0. The fraction of sp³-hybridized carbons (Fsp3) is 0.556. The van der Waals surface area contributed by atoms with Gasteiger partial charge in [0.15, 0.2) is 6.61 Å². The lowest BCUT2D eigenvalue weighted by atomic mass is 10.0. The van der Waals surface area contributed by atoms with Gasteiger partial charge in [-0.05, 0) is 30.0 Å². The summed E-state index contributed by atoms with van der Waals surface area (Å²) < 4.78 is 11.1. The van der Waals surface area contributed by atoms with Crippen molar-refractivity contribution in [2.24, 2.45) is 0 Å². The van der Waals surface area contributed by atoms with E-state index in [4.69, 9.17) is 14.6 Å². The molecule has 0 saturated carbocycles. The zero-order chi connectivity index (χ0) is 17.7. The number of hydrogen-bond acceptors (Lipinski definition) is 4. The van der Waals surface area contributed by atoms with E-state index >= 15 is 0 Å². The van der Waals surface area contributed by atoms with Crippen molar-refractivity contribution < 1.29 is 24.2 Å². The fourth-order valence-electron chi connectivity index (χ4n) is 2.74. The second kappa shape index (κ2) is 8.15. The normalized spacial score (nSPS) is 17.8. The number of carbonyl (C=O) groups excluding carboxylic acids is 1. The van der Waals surface area contributed by atoms with Crippen LogP contribution in [0.25, 0.3) is 0 Å². The molecular formula is C18H25NO5. The molecule has 1 aromatic rings. The Labute approximate surface area is 142 Å². The maximum Gasteiger partial charge on any atom is 0.306 e.